The molecule has 0 fully saturated rings. The zero-order valence-electron chi connectivity index (χ0n) is 13.5. The highest BCUT2D eigenvalue weighted by Crippen LogP contribution is 2.17. The van der Waals surface area contributed by atoms with Gasteiger partial charge in [-0.2, -0.15) is 0 Å². The van der Waals surface area contributed by atoms with Crippen molar-refractivity contribution in [3.8, 4) is 0 Å². The van der Waals surface area contributed by atoms with E-state index in [0.29, 0.717) is 0 Å². The van der Waals surface area contributed by atoms with Crippen LogP contribution in [0.5, 0.6) is 0 Å². The minimum atomic E-state index is 0.00989. The zero-order chi connectivity index (χ0) is 15.9. The maximum Gasteiger partial charge on any atom is 0.239 e. The van der Waals surface area contributed by atoms with Crippen molar-refractivity contribution >= 4 is 11.6 Å². The molecule has 1 atom stereocenters. The second-order valence-corrected chi connectivity index (χ2v) is 5.61. The first-order valence-corrected chi connectivity index (χ1v) is 7.75. The van der Waals surface area contributed by atoms with Crippen LogP contribution in [0.15, 0.2) is 48.5 Å². The molecule has 0 bridgehead atoms. The summed E-state index contributed by atoms with van der Waals surface area (Å²) in [6.45, 7) is 6.48. The maximum absolute atomic E-state index is 12.2. The van der Waals surface area contributed by atoms with Crippen molar-refractivity contribution in [3.63, 3.8) is 0 Å². The molecule has 3 heteroatoms. The van der Waals surface area contributed by atoms with Gasteiger partial charge in [0, 0.05) is 5.69 Å². The Morgan fingerprint density at radius 2 is 1.82 bits per heavy atom. The lowest BCUT2D eigenvalue weighted by Gasteiger charge is -2.18. The SMILES string of the molecule is CCC(NC(=O)CNc1ccc(C)cc1C)c1ccccc1. The zero-order valence-corrected chi connectivity index (χ0v) is 13.5. The molecular weight excluding hydrogens is 272 g/mol. The Bertz CT molecular complexity index is 623. The summed E-state index contributed by atoms with van der Waals surface area (Å²) in [7, 11) is 0. The summed E-state index contributed by atoms with van der Waals surface area (Å²) in [6.07, 6.45) is 0.874. The van der Waals surface area contributed by atoms with Gasteiger partial charge in [0.2, 0.25) is 5.91 Å². The van der Waals surface area contributed by atoms with Gasteiger partial charge in [0.25, 0.3) is 0 Å². The van der Waals surface area contributed by atoms with Crippen molar-refractivity contribution < 1.29 is 4.79 Å². The number of hydrogen-bond donors (Lipinski definition) is 2. The lowest BCUT2D eigenvalue weighted by molar-refractivity contribution is -0.120. The van der Waals surface area contributed by atoms with E-state index < -0.39 is 0 Å². The fraction of sp³-hybridized carbons (Fsp3) is 0.316. The van der Waals surface area contributed by atoms with Gasteiger partial charge >= 0.3 is 0 Å². The van der Waals surface area contributed by atoms with Crippen molar-refractivity contribution in [2.75, 3.05) is 11.9 Å². The largest absolute Gasteiger partial charge is 0.376 e. The molecule has 0 aliphatic carbocycles. The number of carbonyl (C=O) groups is 1. The van der Waals surface area contributed by atoms with Gasteiger partial charge in [-0.15, -0.1) is 0 Å². The van der Waals surface area contributed by atoms with Crippen LogP contribution in [0.4, 0.5) is 5.69 Å². The van der Waals surface area contributed by atoms with E-state index in [1.54, 1.807) is 0 Å². The first-order chi connectivity index (χ1) is 10.6. The van der Waals surface area contributed by atoms with Crippen LogP contribution >= 0.6 is 0 Å². The number of nitrogens with one attached hydrogen (secondary N) is 2. The van der Waals surface area contributed by atoms with Gasteiger partial charge in [0.15, 0.2) is 0 Å². The molecule has 0 aliphatic rings. The normalized spacial score (nSPS) is 11.8. The van der Waals surface area contributed by atoms with E-state index in [4.69, 9.17) is 0 Å². The van der Waals surface area contributed by atoms with Gasteiger partial charge in [-0.3, -0.25) is 4.79 Å². The van der Waals surface area contributed by atoms with Crippen LogP contribution in [0.3, 0.4) is 0 Å². The Hall–Kier alpha value is -2.29. The average molecular weight is 296 g/mol. The van der Waals surface area contributed by atoms with Crippen LogP contribution in [0.2, 0.25) is 0 Å². The van der Waals surface area contributed by atoms with E-state index in [-0.39, 0.29) is 18.5 Å². The van der Waals surface area contributed by atoms with E-state index in [9.17, 15) is 4.79 Å². The van der Waals surface area contributed by atoms with Gasteiger partial charge in [0.05, 0.1) is 12.6 Å². The smallest absolute Gasteiger partial charge is 0.239 e. The Balaban J connectivity index is 1.92. The molecule has 0 radical (unpaired) electrons. The summed E-state index contributed by atoms with van der Waals surface area (Å²) < 4.78 is 0. The first kappa shape index (κ1) is 16.1. The third kappa shape index (κ3) is 4.35. The number of aryl methyl sites for hydroxylation is 2. The van der Waals surface area contributed by atoms with E-state index in [1.165, 1.54) is 5.56 Å². The third-order valence-electron chi connectivity index (χ3n) is 3.77. The monoisotopic (exact) mass is 296 g/mol. The molecule has 116 valence electrons. The first-order valence-electron chi connectivity index (χ1n) is 7.75. The van der Waals surface area contributed by atoms with Crippen LogP contribution < -0.4 is 10.6 Å². The summed E-state index contributed by atoms with van der Waals surface area (Å²) in [5, 5.41) is 6.29. The molecular formula is C19H24N2O. The van der Waals surface area contributed by atoms with Crippen molar-refractivity contribution in [2.24, 2.45) is 0 Å². The molecule has 0 spiro atoms. The van der Waals surface area contributed by atoms with Crippen LogP contribution in [0.25, 0.3) is 0 Å². The van der Waals surface area contributed by atoms with Crippen molar-refractivity contribution in [3.05, 3.63) is 65.2 Å². The number of hydrogen-bond acceptors (Lipinski definition) is 2. The minimum Gasteiger partial charge on any atom is -0.376 e. The topological polar surface area (TPSA) is 41.1 Å². The van der Waals surface area contributed by atoms with Crippen molar-refractivity contribution in [1.29, 1.82) is 0 Å². The molecule has 2 rings (SSSR count). The van der Waals surface area contributed by atoms with Gasteiger partial charge in [-0.05, 0) is 37.5 Å². The van der Waals surface area contributed by atoms with Gasteiger partial charge in [-0.1, -0.05) is 55.0 Å². The average Bonchev–Trinajstić information content (AvgIpc) is 2.52. The fourth-order valence-corrected chi connectivity index (χ4v) is 2.54. The highest BCUT2D eigenvalue weighted by atomic mass is 16.1. The Morgan fingerprint density at radius 1 is 1.09 bits per heavy atom. The molecule has 1 amide bonds. The molecule has 0 heterocycles. The van der Waals surface area contributed by atoms with Crippen LogP contribution in [0, 0.1) is 13.8 Å². The molecule has 0 aromatic heterocycles. The third-order valence-corrected chi connectivity index (χ3v) is 3.77. The fourth-order valence-electron chi connectivity index (χ4n) is 2.54. The molecule has 0 saturated heterocycles. The van der Waals surface area contributed by atoms with Crippen LogP contribution in [-0.4, -0.2) is 12.5 Å². The Morgan fingerprint density at radius 3 is 2.45 bits per heavy atom. The molecule has 2 N–H and O–H groups in total. The summed E-state index contributed by atoms with van der Waals surface area (Å²) in [5.41, 5.74) is 4.53. The highest BCUT2D eigenvalue weighted by molar-refractivity contribution is 5.81. The Labute approximate surface area is 132 Å². The molecule has 1 unspecified atom stereocenters. The highest BCUT2D eigenvalue weighted by Gasteiger charge is 2.12. The molecule has 0 aliphatic heterocycles. The van der Waals surface area contributed by atoms with Gasteiger partial charge in [0.1, 0.15) is 0 Å². The second-order valence-electron chi connectivity index (χ2n) is 5.61. The predicted octanol–water partition coefficient (Wildman–Crippen LogP) is 3.98. The summed E-state index contributed by atoms with van der Waals surface area (Å²) in [6, 6.07) is 16.3. The lowest BCUT2D eigenvalue weighted by Crippen LogP contribution is -2.33. The second kappa shape index (κ2) is 7.64. The van der Waals surface area contributed by atoms with E-state index >= 15 is 0 Å². The number of carbonyl (C=O) groups excluding carboxylic acids is 1. The van der Waals surface area contributed by atoms with E-state index in [2.05, 4.69) is 30.5 Å². The summed E-state index contributed by atoms with van der Waals surface area (Å²) in [5.74, 6) is 0.00989. The number of rotatable bonds is 6. The summed E-state index contributed by atoms with van der Waals surface area (Å²) >= 11 is 0. The summed E-state index contributed by atoms with van der Waals surface area (Å²) in [4.78, 5) is 12.2. The molecule has 22 heavy (non-hydrogen) atoms. The van der Waals surface area contributed by atoms with E-state index in [0.717, 1.165) is 23.2 Å². The number of amides is 1. The molecule has 3 nitrogen and oxygen atoms in total. The van der Waals surface area contributed by atoms with Gasteiger partial charge < -0.3 is 10.6 Å². The van der Waals surface area contributed by atoms with Crippen molar-refractivity contribution in [2.45, 2.75) is 33.2 Å². The van der Waals surface area contributed by atoms with E-state index in [1.807, 2.05) is 49.4 Å². The quantitative estimate of drug-likeness (QED) is 0.846. The van der Waals surface area contributed by atoms with Crippen LogP contribution in [-0.2, 0) is 4.79 Å². The lowest BCUT2D eigenvalue weighted by atomic mass is 10.0. The minimum absolute atomic E-state index is 0.00989. The maximum atomic E-state index is 12.2. The standard InChI is InChI=1S/C19H24N2O/c1-4-17(16-8-6-5-7-9-16)21-19(22)13-20-18-11-10-14(2)12-15(18)3/h5-12,17,20H,4,13H2,1-3H3,(H,21,22). The molecule has 0 saturated carbocycles. The molecule has 2 aromatic rings. The number of benzene rings is 2. The number of anilines is 1. The van der Waals surface area contributed by atoms with Crippen LogP contribution in [0.1, 0.15) is 36.1 Å². The van der Waals surface area contributed by atoms with Gasteiger partial charge in [-0.25, -0.2) is 0 Å². The molecule has 2 aromatic carbocycles. The Kier molecular flexibility index (Phi) is 5.59. The predicted molar refractivity (Wildman–Crippen MR) is 92.0 cm³/mol. The van der Waals surface area contributed by atoms with Crippen molar-refractivity contribution in [1.82, 2.24) is 5.32 Å².